The zero-order valence-electron chi connectivity index (χ0n) is 21.2. The molecule has 7 heteroatoms. The Hall–Kier alpha value is -4.52. The van der Waals surface area contributed by atoms with Crippen LogP contribution in [0.3, 0.4) is 0 Å². The van der Waals surface area contributed by atoms with Crippen LogP contribution in [0, 0.1) is 5.41 Å². The minimum Gasteiger partial charge on any atom is -0.485 e. The fraction of sp³-hybridized carbons (Fsp3) is 0.226. The van der Waals surface area contributed by atoms with Crippen molar-refractivity contribution in [1.82, 2.24) is 19.6 Å². The van der Waals surface area contributed by atoms with Gasteiger partial charge >= 0.3 is 0 Å². The number of hydrogen-bond acceptors (Lipinski definition) is 6. The average Bonchev–Trinajstić information content (AvgIpc) is 3.34. The number of fused-ring (bicyclic) bond motifs is 4. The molecule has 3 aromatic carbocycles. The van der Waals surface area contributed by atoms with Crippen LogP contribution >= 0.6 is 0 Å². The number of allylic oxidation sites excluding steroid dienone is 2. The van der Waals surface area contributed by atoms with Gasteiger partial charge in [-0.15, -0.1) is 5.10 Å². The van der Waals surface area contributed by atoms with Gasteiger partial charge in [0, 0.05) is 29.7 Å². The summed E-state index contributed by atoms with van der Waals surface area (Å²) in [4.78, 5) is 23.0. The van der Waals surface area contributed by atoms with Crippen LogP contribution in [0.5, 0.6) is 11.6 Å². The van der Waals surface area contributed by atoms with Gasteiger partial charge in [0.25, 0.3) is 0 Å². The summed E-state index contributed by atoms with van der Waals surface area (Å²) in [5.41, 5.74) is 2.91. The number of Topliss-reactive ketones (excluding diaryl/α,β-unsaturated/α-hetero) is 1. The van der Waals surface area contributed by atoms with E-state index in [1.54, 1.807) is 10.8 Å². The summed E-state index contributed by atoms with van der Waals surface area (Å²) < 4.78 is 14.1. The normalized spacial score (nSPS) is 18.3. The third-order valence-electron chi connectivity index (χ3n) is 7.35. The molecule has 3 heterocycles. The van der Waals surface area contributed by atoms with Gasteiger partial charge in [0.05, 0.1) is 5.56 Å². The van der Waals surface area contributed by atoms with Crippen LogP contribution in [0.15, 0.2) is 90.5 Å². The highest BCUT2D eigenvalue weighted by Gasteiger charge is 2.43. The summed E-state index contributed by atoms with van der Waals surface area (Å²) in [5.74, 6) is 2.27. The summed E-state index contributed by atoms with van der Waals surface area (Å²) in [6.07, 6.45) is 2.77. The molecule has 1 aliphatic carbocycles. The van der Waals surface area contributed by atoms with Crippen molar-refractivity contribution in [3.63, 3.8) is 0 Å². The van der Waals surface area contributed by atoms with E-state index in [4.69, 9.17) is 14.5 Å². The number of carbonyl (C=O) groups is 1. The Labute approximate surface area is 219 Å². The number of rotatable bonds is 4. The largest absolute Gasteiger partial charge is 0.485 e. The zero-order chi connectivity index (χ0) is 25.9. The van der Waals surface area contributed by atoms with Crippen LogP contribution in [0.4, 0.5) is 0 Å². The summed E-state index contributed by atoms with van der Waals surface area (Å²) in [7, 11) is 0. The molecule has 0 spiro atoms. The van der Waals surface area contributed by atoms with Crippen molar-refractivity contribution in [3.8, 4) is 11.6 Å². The fourth-order valence-corrected chi connectivity index (χ4v) is 5.69. The van der Waals surface area contributed by atoms with Crippen LogP contribution in [-0.2, 0) is 11.4 Å². The van der Waals surface area contributed by atoms with Gasteiger partial charge in [-0.25, -0.2) is 14.5 Å². The monoisotopic (exact) mass is 502 g/mol. The lowest BCUT2D eigenvalue weighted by molar-refractivity contribution is -0.118. The Morgan fingerprint density at radius 1 is 1.00 bits per heavy atom. The van der Waals surface area contributed by atoms with E-state index in [1.807, 2.05) is 60.7 Å². The first-order valence-corrected chi connectivity index (χ1v) is 12.8. The van der Waals surface area contributed by atoms with Crippen molar-refractivity contribution >= 4 is 22.2 Å². The molecule has 0 saturated carbocycles. The smallest absolute Gasteiger partial charge is 0.228 e. The van der Waals surface area contributed by atoms with Crippen LogP contribution in [0.25, 0.3) is 16.4 Å². The number of nitrogens with zero attached hydrogens (tertiary/aromatic N) is 4. The lowest BCUT2D eigenvalue weighted by atomic mass is 9.70. The molecule has 7 nitrogen and oxygen atoms in total. The van der Waals surface area contributed by atoms with E-state index in [-0.39, 0.29) is 23.7 Å². The molecule has 0 amide bonds. The number of benzene rings is 3. The second-order valence-electron chi connectivity index (χ2n) is 10.7. The van der Waals surface area contributed by atoms with Gasteiger partial charge in [0.15, 0.2) is 17.3 Å². The number of ketones is 1. The minimum atomic E-state index is -0.328. The van der Waals surface area contributed by atoms with E-state index in [0.29, 0.717) is 41.5 Å². The van der Waals surface area contributed by atoms with E-state index >= 15 is 0 Å². The second-order valence-corrected chi connectivity index (χ2v) is 10.7. The quantitative estimate of drug-likeness (QED) is 0.299. The molecule has 38 heavy (non-hydrogen) atoms. The van der Waals surface area contributed by atoms with Gasteiger partial charge in [0.1, 0.15) is 24.4 Å². The van der Waals surface area contributed by atoms with Crippen LogP contribution in [0.2, 0.25) is 0 Å². The van der Waals surface area contributed by atoms with Gasteiger partial charge < -0.3 is 9.47 Å². The maximum absolute atomic E-state index is 13.5. The van der Waals surface area contributed by atoms with Crippen LogP contribution in [-0.4, -0.2) is 25.4 Å². The third-order valence-corrected chi connectivity index (χ3v) is 7.35. The predicted octanol–water partition coefficient (Wildman–Crippen LogP) is 6.02. The maximum atomic E-state index is 13.5. The molecular weight excluding hydrogens is 476 g/mol. The maximum Gasteiger partial charge on any atom is 0.228 e. The molecule has 0 N–H and O–H groups in total. The molecule has 0 fully saturated rings. The van der Waals surface area contributed by atoms with Crippen molar-refractivity contribution in [2.75, 3.05) is 0 Å². The zero-order valence-corrected chi connectivity index (χ0v) is 21.2. The number of carbonyl (C=O) groups excluding carboxylic acids is 1. The molecule has 2 aliphatic rings. The average molecular weight is 503 g/mol. The Kier molecular flexibility index (Phi) is 5.08. The molecule has 0 saturated heterocycles. The molecule has 1 aliphatic heterocycles. The highest BCUT2D eigenvalue weighted by molar-refractivity contribution is 6.00. The summed E-state index contributed by atoms with van der Waals surface area (Å²) >= 11 is 0. The molecule has 2 aromatic heterocycles. The standard InChI is InChI=1S/C31H26N4O3/c1-31(2)15-22(36)27-24(16-31)38-30-28(26(27)20-10-4-3-5-11-20)29-33-25(34-35(29)18-32-30)17-37-23-14-8-12-19-9-6-7-13-21(19)23/h3-14,18,26H,15-17H2,1-2H3. The van der Waals surface area contributed by atoms with E-state index in [1.165, 1.54) is 0 Å². The van der Waals surface area contributed by atoms with Gasteiger partial charge in [0.2, 0.25) is 5.88 Å². The molecule has 7 rings (SSSR count). The van der Waals surface area contributed by atoms with Crippen molar-refractivity contribution in [1.29, 1.82) is 0 Å². The first kappa shape index (κ1) is 22.7. The molecule has 5 aromatic rings. The molecule has 188 valence electrons. The molecule has 0 bridgehead atoms. The van der Waals surface area contributed by atoms with Gasteiger partial charge in [-0.2, -0.15) is 0 Å². The Bertz CT molecular complexity index is 1750. The van der Waals surface area contributed by atoms with Crippen molar-refractivity contribution < 1.29 is 14.3 Å². The molecular formula is C31H26N4O3. The Morgan fingerprint density at radius 3 is 2.66 bits per heavy atom. The van der Waals surface area contributed by atoms with Crippen molar-refractivity contribution in [3.05, 3.63) is 107 Å². The highest BCUT2D eigenvalue weighted by Crippen LogP contribution is 2.50. The molecule has 1 atom stereocenters. The SMILES string of the molecule is CC1(C)CC(=O)C2=C(C1)Oc1ncn3nc(COc4cccc5ccccc45)nc3c1C2c1ccccc1. The van der Waals surface area contributed by atoms with Gasteiger partial charge in [-0.3, -0.25) is 4.79 Å². The molecule has 0 radical (unpaired) electrons. The predicted molar refractivity (Wildman–Crippen MR) is 143 cm³/mol. The Balaban J connectivity index is 1.32. The van der Waals surface area contributed by atoms with Crippen molar-refractivity contribution in [2.24, 2.45) is 5.41 Å². The summed E-state index contributed by atoms with van der Waals surface area (Å²) in [6, 6.07) is 24.1. The first-order valence-electron chi connectivity index (χ1n) is 12.8. The molecule has 1 unspecified atom stereocenters. The van der Waals surface area contributed by atoms with E-state index in [9.17, 15) is 4.79 Å². The van der Waals surface area contributed by atoms with Gasteiger partial charge in [-0.05, 0) is 22.4 Å². The van der Waals surface area contributed by atoms with Gasteiger partial charge in [-0.1, -0.05) is 80.6 Å². The van der Waals surface area contributed by atoms with E-state index < -0.39 is 0 Å². The third kappa shape index (κ3) is 3.74. The first-order chi connectivity index (χ1) is 18.5. The second kappa shape index (κ2) is 8.52. The highest BCUT2D eigenvalue weighted by atomic mass is 16.5. The van der Waals surface area contributed by atoms with Crippen LogP contribution in [0.1, 0.15) is 49.6 Å². The van der Waals surface area contributed by atoms with Crippen molar-refractivity contribution in [2.45, 2.75) is 39.2 Å². The summed E-state index contributed by atoms with van der Waals surface area (Å²) in [5, 5.41) is 6.80. The lowest BCUT2D eigenvalue weighted by Gasteiger charge is -2.37. The van der Waals surface area contributed by atoms with E-state index in [0.717, 1.165) is 27.6 Å². The lowest BCUT2D eigenvalue weighted by Crippen LogP contribution is -2.33. The summed E-state index contributed by atoms with van der Waals surface area (Å²) in [6.45, 7) is 4.40. The van der Waals surface area contributed by atoms with Crippen LogP contribution < -0.4 is 9.47 Å². The number of ether oxygens (including phenoxy) is 2. The number of aromatic nitrogens is 4. The Morgan fingerprint density at radius 2 is 1.79 bits per heavy atom. The minimum absolute atomic E-state index is 0.108. The fourth-order valence-electron chi connectivity index (χ4n) is 5.69. The topological polar surface area (TPSA) is 78.6 Å². The number of hydrogen-bond donors (Lipinski definition) is 0. The van der Waals surface area contributed by atoms with E-state index in [2.05, 4.69) is 36.1 Å².